The molecule has 0 saturated carbocycles. The number of halogens is 7. The first-order chi connectivity index (χ1) is 13.1. The van der Waals surface area contributed by atoms with Crippen molar-refractivity contribution in [3.8, 4) is 9.47 Å². The van der Waals surface area contributed by atoms with Crippen LogP contribution in [-0.4, -0.2) is 20.4 Å². The van der Waals surface area contributed by atoms with Crippen molar-refractivity contribution >= 4 is 28.3 Å². The van der Waals surface area contributed by atoms with Crippen LogP contribution in [0.25, 0.3) is 0 Å². The third-order valence-electron chi connectivity index (χ3n) is 5.64. The van der Waals surface area contributed by atoms with E-state index in [1.54, 1.807) is 0 Å². The van der Waals surface area contributed by atoms with Crippen molar-refractivity contribution < 1.29 is 29.4 Å². The summed E-state index contributed by atoms with van der Waals surface area (Å²) in [5.74, 6) is 0. The molecular weight excluding hydrogens is 525 g/mol. The molecule has 1 aromatic rings. The van der Waals surface area contributed by atoms with E-state index < -0.39 is 51.8 Å². The zero-order chi connectivity index (χ0) is 22.4. The van der Waals surface area contributed by atoms with Crippen molar-refractivity contribution in [2.45, 2.75) is 76.1 Å². The standard InChI is InChI=1S/C20H25F6IOSi/c1-13(2)29(14(3)4,15(5)6)12-11-27-17-10-8-7-9-16(17)18(28-27,19(21,22)23)20(24,25)26/h7-10,13-15H,1-6H3. The Hall–Kier alpha value is -0.733. The van der Waals surface area contributed by atoms with Gasteiger partial charge in [0.15, 0.2) is 0 Å². The molecule has 0 saturated heterocycles. The van der Waals surface area contributed by atoms with E-state index in [0.717, 1.165) is 6.07 Å². The summed E-state index contributed by atoms with van der Waals surface area (Å²) in [7, 11) is -2.32. The Bertz CT molecular complexity index is 768. The van der Waals surface area contributed by atoms with Gasteiger partial charge in [-0.05, 0) is 0 Å². The summed E-state index contributed by atoms with van der Waals surface area (Å²) in [5, 5.41) is 0. The van der Waals surface area contributed by atoms with Crippen LogP contribution in [0.3, 0.4) is 0 Å². The quantitative estimate of drug-likeness (QED) is 0.162. The van der Waals surface area contributed by atoms with Gasteiger partial charge in [0.25, 0.3) is 0 Å². The Labute approximate surface area is 176 Å². The Kier molecular flexibility index (Phi) is 6.83. The topological polar surface area (TPSA) is 9.23 Å². The van der Waals surface area contributed by atoms with Gasteiger partial charge in [0.1, 0.15) is 0 Å². The molecule has 0 unspecified atom stereocenters. The molecule has 1 heterocycles. The summed E-state index contributed by atoms with van der Waals surface area (Å²) >= 11 is -3.51. The van der Waals surface area contributed by atoms with Gasteiger partial charge in [-0.25, -0.2) is 0 Å². The van der Waals surface area contributed by atoms with E-state index in [-0.39, 0.29) is 20.2 Å². The van der Waals surface area contributed by atoms with E-state index in [1.807, 2.05) is 41.5 Å². The first kappa shape index (κ1) is 24.5. The van der Waals surface area contributed by atoms with Gasteiger partial charge in [-0.1, -0.05) is 0 Å². The van der Waals surface area contributed by atoms with Crippen LogP contribution in [-0.2, 0) is 8.67 Å². The maximum absolute atomic E-state index is 13.8. The molecule has 2 rings (SSSR count). The zero-order valence-electron chi connectivity index (χ0n) is 17.1. The Balaban J connectivity index is 2.70. The van der Waals surface area contributed by atoms with Crippen LogP contribution in [0.5, 0.6) is 0 Å². The van der Waals surface area contributed by atoms with E-state index in [9.17, 15) is 26.3 Å². The average Bonchev–Trinajstić information content (AvgIpc) is 2.90. The fourth-order valence-electron chi connectivity index (χ4n) is 4.28. The van der Waals surface area contributed by atoms with Crippen LogP contribution in [0.1, 0.15) is 47.1 Å². The van der Waals surface area contributed by atoms with Crippen molar-refractivity contribution in [3.05, 3.63) is 33.4 Å². The molecule has 0 amide bonds. The van der Waals surface area contributed by atoms with Gasteiger partial charge in [-0.3, -0.25) is 0 Å². The molecule has 0 bridgehead atoms. The molecule has 0 fully saturated rings. The van der Waals surface area contributed by atoms with Gasteiger partial charge in [0, 0.05) is 0 Å². The fraction of sp³-hybridized carbons (Fsp3) is 0.600. The van der Waals surface area contributed by atoms with E-state index in [0.29, 0.717) is 0 Å². The molecule has 0 aromatic heterocycles. The summed E-state index contributed by atoms with van der Waals surface area (Å²) in [6, 6.07) is 4.79. The summed E-state index contributed by atoms with van der Waals surface area (Å²) < 4.78 is 90.4. The first-order valence-electron chi connectivity index (χ1n) is 9.28. The molecule has 0 aliphatic carbocycles. The van der Waals surface area contributed by atoms with E-state index >= 15 is 0 Å². The third-order valence-corrected chi connectivity index (χ3v) is 16.3. The van der Waals surface area contributed by atoms with Gasteiger partial charge in [0.2, 0.25) is 0 Å². The molecule has 0 spiro atoms. The Morgan fingerprint density at radius 1 is 0.862 bits per heavy atom. The predicted molar refractivity (Wildman–Crippen MR) is 113 cm³/mol. The second kappa shape index (κ2) is 8.08. The SMILES string of the molecule is CC(C)[Si](C#CI1OC(C(F)(F)F)(C(F)(F)F)c2ccccc21)(C(C)C)C(C)C. The van der Waals surface area contributed by atoms with E-state index in [2.05, 4.69) is 9.47 Å². The second-order valence-electron chi connectivity index (χ2n) is 8.10. The molecule has 0 N–H and O–H groups in total. The molecule has 1 nitrogen and oxygen atoms in total. The minimum absolute atomic E-state index is 0.0157. The molecule has 0 radical (unpaired) electrons. The first-order valence-corrected chi connectivity index (χ1v) is 14.5. The molecule has 9 heteroatoms. The van der Waals surface area contributed by atoms with Crippen molar-refractivity contribution in [2.75, 3.05) is 0 Å². The van der Waals surface area contributed by atoms with Crippen LogP contribution in [0.2, 0.25) is 16.6 Å². The van der Waals surface area contributed by atoms with Crippen molar-refractivity contribution in [1.29, 1.82) is 0 Å². The van der Waals surface area contributed by atoms with Crippen molar-refractivity contribution in [2.24, 2.45) is 0 Å². The number of alkyl halides is 6. The number of fused-ring (bicyclic) bond motifs is 1. The molecule has 1 aliphatic heterocycles. The van der Waals surface area contributed by atoms with Crippen LogP contribution >= 0.6 is 20.2 Å². The molecular formula is C20H25F6IOSi. The van der Waals surface area contributed by atoms with E-state index in [4.69, 9.17) is 3.07 Å². The zero-order valence-corrected chi connectivity index (χ0v) is 20.3. The molecule has 29 heavy (non-hydrogen) atoms. The van der Waals surface area contributed by atoms with Gasteiger partial charge in [-0.15, -0.1) is 0 Å². The summed E-state index contributed by atoms with van der Waals surface area (Å²) in [6.45, 7) is 12.2. The predicted octanol–water partition coefficient (Wildman–Crippen LogP) is 7.81. The molecule has 1 aliphatic rings. The number of benzene rings is 1. The third kappa shape index (κ3) is 3.85. The van der Waals surface area contributed by atoms with Crippen molar-refractivity contribution in [3.63, 3.8) is 0 Å². The van der Waals surface area contributed by atoms with Gasteiger partial charge in [0.05, 0.1) is 0 Å². The van der Waals surface area contributed by atoms with E-state index in [1.165, 1.54) is 18.2 Å². The number of hydrogen-bond donors (Lipinski definition) is 0. The second-order valence-corrected chi connectivity index (χ2v) is 17.2. The van der Waals surface area contributed by atoms with Gasteiger partial charge >= 0.3 is 177 Å². The minimum atomic E-state index is -5.63. The average molecular weight is 550 g/mol. The summed E-state index contributed by atoms with van der Waals surface area (Å²) in [5.41, 5.74) is -1.28. The molecule has 164 valence electrons. The van der Waals surface area contributed by atoms with Crippen LogP contribution in [0, 0.1) is 13.0 Å². The summed E-state index contributed by atoms with van der Waals surface area (Å²) in [6.07, 6.45) is -11.3. The van der Waals surface area contributed by atoms with Gasteiger partial charge in [-0.2, -0.15) is 0 Å². The normalized spacial score (nSPS) is 18.2. The molecule has 0 atom stereocenters. The van der Waals surface area contributed by atoms with Crippen LogP contribution < -0.4 is 0 Å². The number of rotatable bonds is 3. The van der Waals surface area contributed by atoms with Crippen molar-refractivity contribution in [1.82, 2.24) is 0 Å². The number of hydrogen-bond acceptors (Lipinski definition) is 1. The maximum atomic E-state index is 13.8. The Morgan fingerprint density at radius 3 is 1.72 bits per heavy atom. The van der Waals surface area contributed by atoms with Crippen LogP contribution in [0.4, 0.5) is 26.3 Å². The Morgan fingerprint density at radius 2 is 1.31 bits per heavy atom. The van der Waals surface area contributed by atoms with Crippen LogP contribution in [0.15, 0.2) is 24.3 Å². The summed E-state index contributed by atoms with van der Waals surface area (Å²) in [4.78, 5) is 0. The molecule has 1 aromatic carbocycles. The van der Waals surface area contributed by atoms with Gasteiger partial charge < -0.3 is 0 Å². The fourth-order valence-corrected chi connectivity index (χ4v) is 15.2. The monoisotopic (exact) mass is 550 g/mol.